The number of esters is 1. The average Bonchev–Trinajstić information content (AvgIpc) is 2.88. The molecule has 0 aliphatic rings. The fourth-order valence-electron chi connectivity index (χ4n) is 4.89. The maximum absolute atomic E-state index is 12.1. The van der Waals surface area contributed by atoms with E-state index in [1.807, 2.05) is 6.92 Å². The first-order valence-corrected chi connectivity index (χ1v) is 16.5. The summed E-state index contributed by atoms with van der Waals surface area (Å²) < 4.78 is 5.71. The lowest BCUT2D eigenvalue weighted by Crippen LogP contribution is -2.17. The molecule has 0 aromatic carbocycles. The van der Waals surface area contributed by atoms with Gasteiger partial charge in [-0.25, -0.2) is 0 Å². The minimum absolute atomic E-state index is 0.0432. The van der Waals surface area contributed by atoms with Gasteiger partial charge in [-0.15, -0.1) is 0 Å². The van der Waals surface area contributed by atoms with Crippen molar-refractivity contribution in [3.05, 3.63) is 12.2 Å². The number of Topliss-reactive ketones (excluding diaryl/α,β-unsaturated/α-hetero) is 1. The number of carbonyl (C=O) groups excluding carboxylic acids is 2. The smallest absolute Gasteiger partial charge is 0.306 e. The van der Waals surface area contributed by atoms with Crippen molar-refractivity contribution in [3.63, 3.8) is 0 Å². The molecule has 0 amide bonds. The summed E-state index contributed by atoms with van der Waals surface area (Å²) in [5.41, 5.74) is 0. The summed E-state index contributed by atoms with van der Waals surface area (Å²) in [5, 5.41) is 0. The zero-order valence-electron chi connectivity index (χ0n) is 25.3. The predicted octanol–water partition coefficient (Wildman–Crippen LogP) is 11.2. The zero-order chi connectivity index (χ0) is 27.2. The van der Waals surface area contributed by atoms with Crippen LogP contribution in [0.1, 0.15) is 188 Å². The van der Waals surface area contributed by atoms with Gasteiger partial charge < -0.3 is 4.74 Å². The molecule has 3 heteroatoms. The van der Waals surface area contributed by atoms with Crippen LogP contribution in [0.25, 0.3) is 0 Å². The van der Waals surface area contributed by atoms with Crippen molar-refractivity contribution in [2.75, 3.05) is 0 Å². The summed E-state index contributed by atoms with van der Waals surface area (Å²) in [7, 11) is 0. The Morgan fingerprint density at radius 2 is 1.03 bits per heavy atom. The first-order chi connectivity index (χ1) is 18.1. The number of carbonyl (C=O) groups is 2. The summed E-state index contributed by atoms with van der Waals surface area (Å²) in [4.78, 5) is 24.0. The fraction of sp³-hybridized carbons (Fsp3) is 0.882. The summed E-state index contributed by atoms with van der Waals surface area (Å²) in [6, 6.07) is 0. The van der Waals surface area contributed by atoms with Crippen molar-refractivity contribution in [2.45, 2.75) is 194 Å². The molecule has 0 aromatic heterocycles. The van der Waals surface area contributed by atoms with E-state index in [9.17, 15) is 9.59 Å². The molecule has 1 atom stereocenters. The van der Waals surface area contributed by atoms with Gasteiger partial charge in [-0.2, -0.15) is 0 Å². The summed E-state index contributed by atoms with van der Waals surface area (Å²) in [6.07, 6.45) is 34.5. The van der Waals surface area contributed by atoms with E-state index in [4.69, 9.17) is 4.74 Å². The Morgan fingerprint density at radius 1 is 0.541 bits per heavy atom. The zero-order valence-corrected chi connectivity index (χ0v) is 25.3. The maximum atomic E-state index is 12.1. The van der Waals surface area contributed by atoms with E-state index in [2.05, 4.69) is 26.0 Å². The van der Waals surface area contributed by atoms with Crippen molar-refractivity contribution in [1.29, 1.82) is 0 Å². The van der Waals surface area contributed by atoms with Gasteiger partial charge in [0.15, 0.2) is 0 Å². The van der Waals surface area contributed by atoms with Gasteiger partial charge in [-0.1, -0.05) is 129 Å². The first kappa shape index (κ1) is 35.9. The number of hydrogen-bond donors (Lipinski definition) is 0. The second-order valence-corrected chi connectivity index (χ2v) is 11.2. The highest BCUT2D eigenvalue weighted by atomic mass is 16.5. The SMILES string of the molecule is CCCCCCCCCCCCC(=O)CCCCCCCC=CCC(CCCCCC)OC(=O)CCC. The van der Waals surface area contributed by atoms with E-state index in [0.29, 0.717) is 12.2 Å². The quantitative estimate of drug-likeness (QED) is 0.0559. The largest absolute Gasteiger partial charge is 0.462 e. The topological polar surface area (TPSA) is 43.4 Å². The Bertz CT molecular complexity index is 525. The summed E-state index contributed by atoms with van der Waals surface area (Å²) in [5.74, 6) is 0.435. The highest BCUT2D eigenvalue weighted by Gasteiger charge is 2.12. The molecule has 0 heterocycles. The highest BCUT2D eigenvalue weighted by molar-refractivity contribution is 5.78. The molecule has 0 radical (unpaired) electrons. The monoisotopic (exact) mass is 520 g/mol. The molecule has 218 valence electrons. The van der Waals surface area contributed by atoms with Crippen LogP contribution in [0.15, 0.2) is 12.2 Å². The average molecular weight is 521 g/mol. The predicted molar refractivity (Wildman–Crippen MR) is 161 cm³/mol. The van der Waals surface area contributed by atoms with E-state index < -0.39 is 0 Å². The Hall–Kier alpha value is -1.12. The van der Waals surface area contributed by atoms with Crippen molar-refractivity contribution >= 4 is 11.8 Å². The Morgan fingerprint density at radius 3 is 1.57 bits per heavy atom. The molecule has 0 saturated carbocycles. The molecule has 0 fully saturated rings. The Kier molecular flexibility index (Phi) is 28.5. The molecule has 0 rings (SSSR count). The van der Waals surface area contributed by atoms with E-state index in [-0.39, 0.29) is 12.1 Å². The van der Waals surface area contributed by atoms with E-state index >= 15 is 0 Å². The minimum atomic E-state index is -0.0432. The lowest BCUT2D eigenvalue weighted by Gasteiger charge is -2.16. The number of rotatable bonds is 29. The van der Waals surface area contributed by atoms with E-state index in [1.165, 1.54) is 103 Å². The Labute approximate surface area is 232 Å². The van der Waals surface area contributed by atoms with Gasteiger partial charge in [0.2, 0.25) is 0 Å². The molecule has 0 bridgehead atoms. The van der Waals surface area contributed by atoms with Crippen LogP contribution < -0.4 is 0 Å². The van der Waals surface area contributed by atoms with Crippen LogP contribution in [0.2, 0.25) is 0 Å². The number of unbranched alkanes of at least 4 members (excludes halogenated alkanes) is 17. The second-order valence-electron chi connectivity index (χ2n) is 11.2. The molecule has 0 aliphatic carbocycles. The first-order valence-electron chi connectivity index (χ1n) is 16.5. The second kappa shape index (κ2) is 29.4. The van der Waals surface area contributed by atoms with Gasteiger partial charge in [-0.05, 0) is 44.9 Å². The highest BCUT2D eigenvalue weighted by Crippen LogP contribution is 2.15. The van der Waals surface area contributed by atoms with Gasteiger partial charge in [0.05, 0.1) is 0 Å². The molecule has 0 aliphatic heterocycles. The van der Waals surface area contributed by atoms with Crippen LogP contribution in [-0.2, 0) is 14.3 Å². The molecule has 1 unspecified atom stereocenters. The third-order valence-corrected chi connectivity index (χ3v) is 7.33. The van der Waals surface area contributed by atoms with Crippen molar-refractivity contribution in [1.82, 2.24) is 0 Å². The summed E-state index contributed by atoms with van der Waals surface area (Å²) >= 11 is 0. The van der Waals surface area contributed by atoms with Crippen LogP contribution in [0, 0.1) is 0 Å². The Balaban J connectivity index is 3.64. The third-order valence-electron chi connectivity index (χ3n) is 7.33. The molecular formula is C34H64O3. The van der Waals surface area contributed by atoms with Crippen LogP contribution in [0.5, 0.6) is 0 Å². The number of ketones is 1. The van der Waals surface area contributed by atoms with Gasteiger partial charge in [0.25, 0.3) is 0 Å². The van der Waals surface area contributed by atoms with Crippen LogP contribution in [-0.4, -0.2) is 17.9 Å². The van der Waals surface area contributed by atoms with E-state index in [1.54, 1.807) is 0 Å². The van der Waals surface area contributed by atoms with Crippen molar-refractivity contribution in [3.8, 4) is 0 Å². The van der Waals surface area contributed by atoms with Gasteiger partial charge >= 0.3 is 5.97 Å². The van der Waals surface area contributed by atoms with Gasteiger partial charge in [-0.3, -0.25) is 9.59 Å². The summed E-state index contributed by atoms with van der Waals surface area (Å²) in [6.45, 7) is 6.52. The number of hydrogen-bond acceptors (Lipinski definition) is 3. The van der Waals surface area contributed by atoms with Gasteiger partial charge in [0, 0.05) is 25.7 Å². The molecular weight excluding hydrogens is 456 g/mol. The minimum Gasteiger partial charge on any atom is -0.462 e. The number of ether oxygens (including phenoxy) is 1. The fourth-order valence-corrected chi connectivity index (χ4v) is 4.89. The van der Waals surface area contributed by atoms with Crippen LogP contribution in [0.3, 0.4) is 0 Å². The number of allylic oxidation sites excluding steroid dienone is 1. The third kappa shape index (κ3) is 27.7. The molecule has 0 saturated heterocycles. The molecule has 3 nitrogen and oxygen atoms in total. The maximum Gasteiger partial charge on any atom is 0.306 e. The van der Waals surface area contributed by atoms with E-state index in [0.717, 1.165) is 57.8 Å². The lowest BCUT2D eigenvalue weighted by molar-refractivity contribution is -0.149. The lowest BCUT2D eigenvalue weighted by atomic mass is 10.0. The standard InChI is InChI=1S/C34H64O3/c1-4-7-9-11-12-13-14-17-20-23-28-32(35)29-24-21-18-15-16-19-22-26-31-33(30-25-10-8-5-2)37-34(36)27-6-3/h22,26,33H,4-21,23-25,27-31H2,1-3H3. The van der Waals surface area contributed by atoms with Crippen LogP contribution >= 0.6 is 0 Å². The molecule has 0 spiro atoms. The molecule has 0 aromatic rings. The molecule has 37 heavy (non-hydrogen) atoms. The van der Waals surface area contributed by atoms with Crippen LogP contribution in [0.4, 0.5) is 0 Å². The molecule has 0 N–H and O–H groups in total. The van der Waals surface area contributed by atoms with Crippen molar-refractivity contribution < 1.29 is 14.3 Å². The van der Waals surface area contributed by atoms with Gasteiger partial charge in [0.1, 0.15) is 11.9 Å². The van der Waals surface area contributed by atoms with Crippen molar-refractivity contribution in [2.24, 2.45) is 0 Å². The normalized spacial score (nSPS) is 12.3.